The van der Waals surface area contributed by atoms with E-state index >= 15 is 0 Å². The first kappa shape index (κ1) is 15.0. The average molecular weight is 255 g/mol. The fraction of sp³-hybridized carbons (Fsp3) is 0.857. The van der Waals surface area contributed by atoms with E-state index in [1.54, 1.807) is 13.8 Å². The lowest BCUT2D eigenvalue weighted by Crippen LogP contribution is -2.45. The van der Waals surface area contributed by atoms with Gasteiger partial charge in [-0.15, -0.1) is 0 Å². The molecule has 0 aromatic carbocycles. The van der Waals surface area contributed by atoms with Gasteiger partial charge in [0.2, 0.25) is 5.91 Å². The van der Waals surface area contributed by atoms with Gasteiger partial charge in [-0.3, -0.25) is 9.59 Å². The van der Waals surface area contributed by atoms with Crippen LogP contribution in [0, 0.1) is 5.92 Å². The maximum absolute atomic E-state index is 11.8. The molecule has 0 heterocycles. The van der Waals surface area contributed by atoms with Crippen LogP contribution < -0.4 is 5.32 Å². The molecular formula is C14H25NO3. The number of rotatable bonds is 6. The second-order valence-corrected chi connectivity index (χ2v) is 6.05. The van der Waals surface area contributed by atoms with E-state index in [9.17, 15) is 9.59 Å². The Labute approximate surface area is 109 Å². The molecule has 2 N–H and O–H groups in total. The van der Waals surface area contributed by atoms with Gasteiger partial charge in [-0.2, -0.15) is 0 Å². The van der Waals surface area contributed by atoms with E-state index in [0.717, 1.165) is 6.42 Å². The molecule has 1 aliphatic carbocycles. The van der Waals surface area contributed by atoms with Crippen LogP contribution in [0.4, 0.5) is 0 Å². The first-order chi connectivity index (χ1) is 8.39. The van der Waals surface area contributed by atoms with Crippen LogP contribution in [0.3, 0.4) is 0 Å². The van der Waals surface area contributed by atoms with Crippen LogP contribution in [-0.4, -0.2) is 22.5 Å². The molecule has 0 atom stereocenters. The van der Waals surface area contributed by atoms with Gasteiger partial charge < -0.3 is 10.4 Å². The van der Waals surface area contributed by atoms with Crippen LogP contribution in [0.2, 0.25) is 0 Å². The van der Waals surface area contributed by atoms with Gasteiger partial charge in [-0.05, 0) is 26.2 Å². The van der Waals surface area contributed by atoms with Crippen molar-refractivity contribution in [3.05, 3.63) is 0 Å². The number of hydrogen-bond donors (Lipinski definition) is 2. The maximum atomic E-state index is 11.8. The van der Waals surface area contributed by atoms with Crippen LogP contribution in [0.5, 0.6) is 0 Å². The average Bonchev–Trinajstić information content (AvgIpc) is 2.25. The van der Waals surface area contributed by atoms with Crippen molar-refractivity contribution in [1.29, 1.82) is 0 Å². The zero-order chi connectivity index (χ0) is 13.6. The maximum Gasteiger partial charge on any atom is 0.305 e. The number of amides is 1. The van der Waals surface area contributed by atoms with Crippen molar-refractivity contribution in [3.63, 3.8) is 0 Å². The van der Waals surface area contributed by atoms with Gasteiger partial charge in [0.15, 0.2) is 0 Å². The third-order valence-electron chi connectivity index (χ3n) is 3.58. The number of nitrogens with one attached hydrogen (secondary N) is 1. The number of carbonyl (C=O) groups is 2. The van der Waals surface area contributed by atoms with E-state index in [2.05, 4.69) is 5.32 Å². The molecule has 0 saturated heterocycles. The number of carbonyl (C=O) groups excluding carboxylic acids is 1. The normalized spacial score (nSPS) is 17.4. The summed E-state index contributed by atoms with van der Waals surface area (Å²) in [4.78, 5) is 22.4. The number of hydrogen-bond acceptors (Lipinski definition) is 2. The van der Waals surface area contributed by atoms with Crippen LogP contribution >= 0.6 is 0 Å². The van der Waals surface area contributed by atoms with Crippen LogP contribution in [-0.2, 0) is 9.59 Å². The molecule has 1 amide bonds. The van der Waals surface area contributed by atoms with Crippen molar-refractivity contribution in [1.82, 2.24) is 5.32 Å². The predicted molar refractivity (Wildman–Crippen MR) is 70.3 cm³/mol. The van der Waals surface area contributed by atoms with Gasteiger partial charge in [0, 0.05) is 12.0 Å². The van der Waals surface area contributed by atoms with Gasteiger partial charge in [-0.1, -0.05) is 32.1 Å². The van der Waals surface area contributed by atoms with Crippen molar-refractivity contribution >= 4 is 11.9 Å². The highest BCUT2D eigenvalue weighted by atomic mass is 16.4. The first-order valence-electron chi connectivity index (χ1n) is 6.92. The third-order valence-corrected chi connectivity index (χ3v) is 3.58. The molecule has 1 aliphatic rings. The molecule has 104 valence electrons. The Morgan fingerprint density at radius 2 is 1.83 bits per heavy atom. The molecule has 0 bridgehead atoms. The molecule has 1 fully saturated rings. The lowest BCUT2D eigenvalue weighted by molar-refractivity contribution is -0.138. The Balaban J connectivity index is 2.25. The molecular weight excluding hydrogens is 230 g/mol. The Morgan fingerprint density at radius 1 is 1.22 bits per heavy atom. The van der Waals surface area contributed by atoms with E-state index in [1.165, 1.54) is 32.1 Å². The smallest absolute Gasteiger partial charge is 0.305 e. The molecule has 0 aromatic rings. The summed E-state index contributed by atoms with van der Waals surface area (Å²) >= 11 is 0. The minimum absolute atomic E-state index is 0.0215. The van der Waals surface area contributed by atoms with Crippen LogP contribution in [0.25, 0.3) is 0 Å². The van der Waals surface area contributed by atoms with E-state index in [0.29, 0.717) is 12.3 Å². The second-order valence-electron chi connectivity index (χ2n) is 6.05. The Bertz CT molecular complexity index is 293. The third kappa shape index (κ3) is 6.03. The summed E-state index contributed by atoms with van der Waals surface area (Å²) in [6.07, 6.45) is 7.81. The monoisotopic (exact) mass is 255 g/mol. The number of carboxylic acids is 1. The summed E-state index contributed by atoms with van der Waals surface area (Å²) in [5.74, 6) is -0.216. The van der Waals surface area contributed by atoms with Crippen molar-refractivity contribution in [3.8, 4) is 0 Å². The molecule has 0 radical (unpaired) electrons. The summed E-state index contributed by atoms with van der Waals surface area (Å²) in [5.41, 5.74) is -0.657. The van der Waals surface area contributed by atoms with Crippen molar-refractivity contribution in [2.24, 2.45) is 5.92 Å². The Morgan fingerprint density at radius 3 is 2.39 bits per heavy atom. The predicted octanol–water partition coefficient (Wildman–Crippen LogP) is 2.72. The molecule has 1 rings (SSSR count). The van der Waals surface area contributed by atoms with Crippen LogP contribution in [0.15, 0.2) is 0 Å². The van der Waals surface area contributed by atoms with Gasteiger partial charge in [0.05, 0.1) is 6.42 Å². The van der Waals surface area contributed by atoms with Crippen LogP contribution in [0.1, 0.15) is 65.2 Å². The van der Waals surface area contributed by atoms with Crippen molar-refractivity contribution in [2.75, 3.05) is 0 Å². The topological polar surface area (TPSA) is 66.4 Å². The van der Waals surface area contributed by atoms with Gasteiger partial charge >= 0.3 is 5.97 Å². The van der Waals surface area contributed by atoms with Gasteiger partial charge in [0.25, 0.3) is 0 Å². The molecule has 4 heteroatoms. The fourth-order valence-electron chi connectivity index (χ4n) is 2.67. The zero-order valence-corrected chi connectivity index (χ0v) is 11.5. The van der Waals surface area contributed by atoms with Crippen molar-refractivity contribution < 1.29 is 14.7 Å². The highest BCUT2D eigenvalue weighted by molar-refractivity contribution is 5.78. The lowest BCUT2D eigenvalue weighted by atomic mass is 9.86. The molecule has 0 spiro atoms. The summed E-state index contributed by atoms with van der Waals surface area (Å²) in [6.45, 7) is 3.50. The quantitative estimate of drug-likeness (QED) is 0.767. The van der Waals surface area contributed by atoms with Gasteiger partial charge in [-0.25, -0.2) is 0 Å². The summed E-state index contributed by atoms with van der Waals surface area (Å²) in [6, 6.07) is 0. The Kier molecular flexibility index (Phi) is 5.63. The molecule has 18 heavy (non-hydrogen) atoms. The summed E-state index contributed by atoms with van der Waals surface area (Å²) in [5, 5.41) is 11.6. The number of aliphatic carboxylic acids is 1. The zero-order valence-electron chi connectivity index (χ0n) is 11.5. The number of carboxylic acid groups (broad SMARTS) is 1. The minimum Gasteiger partial charge on any atom is -0.481 e. The molecule has 0 aliphatic heterocycles. The first-order valence-corrected chi connectivity index (χ1v) is 6.92. The van der Waals surface area contributed by atoms with E-state index in [-0.39, 0.29) is 12.3 Å². The molecule has 1 saturated carbocycles. The summed E-state index contributed by atoms with van der Waals surface area (Å²) < 4.78 is 0. The molecule has 0 unspecified atom stereocenters. The lowest BCUT2D eigenvalue weighted by Gasteiger charge is -2.25. The largest absolute Gasteiger partial charge is 0.481 e. The SMILES string of the molecule is CC(C)(CC(=O)O)NC(=O)CCC1CCCCC1. The minimum atomic E-state index is -0.882. The summed E-state index contributed by atoms with van der Waals surface area (Å²) in [7, 11) is 0. The van der Waals surface area contributed by atoms with E-state index in [1.807, 2.05) is 0 Å². The van der Waals surface area contributed by atoms with Crippen molar-refractivity contribution in [2.45, 2.75) is 70.8 Å². The van der Waals surface area contributed by atoms with E-state index < -0.39 is 11.5 Å². The Hall–Kier alpha value is -1.06. The highest BCUT2D eigenvalue weighted by Crippen LogP contribution is 2.27. The van der Waals surface area contributed by atoms with Gasteiger partial charge in [0.1, 0.15) is 0 Å². The van der Waals surface area contributed by atoms with E-state index in [4.69, 9.17) is 5.11 Å². The second kappa shape index (κ2) is 6.76. The standard InChI is InChI=1S/C14H25NO3/c1-14(2,10-13(17)18)15-12(16)9-8-11-6-4-3-5-7-11/h11H,3-10H2,1-2H3,(H,15,16)(H,17,18). The molecule has 4 nitrogen and oxygen atoms in total. The fourth-order valence-corrected chi connectivity index (χ4v) is 2.67. The highest BCUT2D eigenvalue weighted by Gasteiger charge is 2.24. The molecule has 0 aromatic heterocycles.